The highest BCUT2D eigenvalue weighted by Gasteiger charge is 2.15. The number of carbonyl (C=O) groups is 1. The molecule has 4 rings (SSSR count). The SMILES string of the molecule is CCOc1cc(-c2cc(NCCc3c(C)sc4c(C)ccc(F)c34)ncn2)ccc1OCC(=O)O. The number of rotatable bonds is 10. The van der Waals surface area contributed by atoms with Gasteiger partial charge in [-0.25, -0.2) is 19.2 Å². The molecule has 0 saturated heterocycles. The minimum Gasteiger partial charge on any atom is -0.490 e. The minimum absolute atomic E-state index is 0.185. The number of aromatic nitrogens is 2. The molecular weight excluding hydrogens is 469 g/mol. The summed E-state index contributed by atoms with van der Waals surface area (Å²) in [6, 6.07) is 10.4. The molecule has 9 heteroatoms. The third-order valence-electron chi connectivity index (χ3n) is 5.52. The molecule has 2 aromatic carbocycles. The van der Waals surface area contributed by atoms with E-state index in [1.807, 2.05) is 32.9 Å². The Labute approximate surface area is 206 Å². The molecule has 0 unspecified atom stereocenters. The van der Waals surface area contributed by atoms with Gasteiger partial charge in [0, 0.05) is 33.1 Å². The number of thiophene rings is 1. The summed E-state index contributed by atoms with van der Waals surface area (Å²) in [5.74, 6) is 0.192. The second-order valence-corrected chi connectivity index (χ2v) is 9.17. The molecule has 7 nitrogen and oxygen atoms in total. The van der Waals surface area contributed by atoms with Gasteiger partial charge >= 0.3 is 5.97 Å². The van der Waals surface area contributed by atoms with Crippen LogP contribution in [0.5, 0.6) is 11.5 Å². The van der Waals surface area contributed by atoms with Gasteiger partial charge in [-0.1, -0.05) is 6.07 Å². The Balaban J connectivity index is 1.50. The van der Waals surface area contributed by atoms with Gasteiger partial charge in [0.25, 0.3) is 0 Å². The molecule has 2 N–H and O–H groups in total. The van der Waals surface area contributed by atoms with Crippen molar-refractivity contribution in [2.45, 2.75) is 27.2 Å². The molecule has 182 valence electrons. The summed E-state index contributed by atoms with van der Waals surface area (Å²) >= 11 is 1.63. The van der Waals surface area contributed by atoms with Gasteiger partial charge in [0.05, 0.1) is 12.3 Å². The van der Waals surface area contributed by atoms with Crippen LogP contribution in [0.3, 0.4) is 0 Å². The van der Waals surface area contributed by atoms with Gasteiger partial charge in [-0.05, 0) is 62.6 Å². The second-order valence-electron chi connectivity index (χ2n) is 7.95. The molecule has 0 radical (unpaired) electrons. The molecule has 0 saturated carbocycles. The van der Waals surface area contributed by atoms with Crippen LogP contribution in [0.2, 0.25) is 0 Å². The molecule has 0 fully saturated rings. The van der Waals surface area contributed by atoms with Crippen molar-refractivity contribution in [3.8, 4) is 22.8 Å². The molecule has 4 aromatic rings. The van der Waals surface area contributed by atoms with Crippen LogP contribution in [0.4, 0.5) is 10.2 Å². The monoisotopic (exact) mass is 495 g/mol. The predicted molar refractivity (Wildman–Crippen MR) is 135 cm³/mol. The Morgan fingerprint density at radius 1 is 1.11 bits per heavy atom. The molecule has 2 heterocycles. The number of ether oxygens (including phenoxy) is 2. The van der Waals surface area contributed by atoms with Crippen LogP contribution in [0.1, 0.15) is 22.9 Å². The first-order valence-corrected chi connectivity index (χ1v) is 12.0. The lowest BCUT2D eigenvalue weighted by molar-refractivity contribution is -0.139. The molecule has 0 aliphatic heterocycles. The van der Waals surface area contributed by atoms with E-state index < -0.39 is 12.6 Å². The quantitative estimate of drug-likeness (QED) is 0.294. The van der Waals surface area contributed by atoms with E-state index in [-0.39, 0.29) is 5.82 Å². The Morgan fingerprint density at radius 3 is 2.71 bits per heavy atom. The highest BCUT2D eigenvalue weighted by molar-refractivity contribution is 7.19. The molecule has 0 aliphatic rings. The first kappa shape index (κ1) is 24.4. The van der Waals surface area contributed by atoms with E-state index in [2.05, 4.69) is 15.3 Å². The second kappa shape index (κ2) is 10.7. The summed E-state index contributed by atoms with van der Waals surface area (Å²) in [5, 5.41) is 12.9. The van der Waals surface area contributed by atoms with Gasteiger partial charge in [-0.15, -0.1) is 11.3 Å². The number of halogens is 1. The number of nitrogens with zero attached hydrogens (tertiary/aromatic N) is 2. The van der Waals surface area contributed by atoms with E-state index in [0.29, 0.717) is 48.0 Å². The highest BCUT2D eigenvalue weighted by atomic mass is 32.1. The normalized spacial score (nSPS) is 11.0. The van der Waals surface area contributed by atoms with Crippen LogP contribution in [-0.2, 0) is 11.2 Å². The van der Waals surface area contributed by atoms with E-state index in [4.69, 9.17) is 14.6 Å². The Kier molecular flexibility index (Phi) is 7.45. The number of aryl methyl sites for hydroxylation is 2. The number of benzene rings is 2. The molecule has 0 bridgehead atoms. The Bertz CT molecular complexity index is 1370. The molecule has 0 amide bonds. The van der Waals surface area contributed by atoms with Crippen molar-refractivity contribution in [3.05, 3.63) is 64.5 Å². The molecule has 0 spiro atoms. The van der Waals surface area contributed by atoms with Crippen molar-refractivity contribution in [1.29, 1.82) is 0 Å². The van der Waals surface area contributed by atoms with Crippen LogP contribution < -0.4 is 14.8 Å². The number of fused-ring (bicyclic) bond motifs is 1. The maximum atomic E-state index is 14.6. The summed E-state index contributed by atoms with van der Waals surface area (Å²) in [6.07, 6.45) is 2.14. The summed E-state index contributed by atoms with van der Waals surface area (Å²) in [5.41, 5.74) is 3.55. The maximum Gasteiger partial charge on any atom is 0.341 e. The predicted octanol–water partition coefficient (Wildman–Crippen LogP) is 5.63. The van der Waals surface area contributed by atoms with E-state index >= 15 is 0 Å². The van der Waals surface area contributed by atoms with Crippen LogP contribution >= 0.6 is 11.3 Å². The molecule has 35 heavy (non-hydrogen) atoms. The number of hydrogen-bond donors (Lipinski definition) is 2. The standard InChI is InChI=1S/C26H26FN3O4S/c1-4-33-22-11-17(6-8-21(22)34-13-24(31)32)20-12-23(30-14-29-20)28-10-9-18-16(3)35-26-15(2)5-7-19(27)25(18)26/h5-8,11-12,14H,4,9-10,13H2,1-3H3,(H,31,32)(H,28,29,30). The lowest BCUT2D eigenvalue weighted by Gasteiger charge is -2.13. The average Bonchev–Trinajstić information content (AvgIpc) is 3.18. The van der Waals surface area contributed by atoms with E-state index in [0.717, 1.165) is 26.3 Å². The lowest BCUT2D eigenvalue weighted by Crippen LogP contribution is -2.10. The third kappa shape index (κ3) is 5.51. The minimum atomic E-state index is -1.06. The summed E-state index contributed by atoms with van der Waals surface area (Å²) in [7, 11) is 0. The van der Waals surface area contributed by atoms with Crippen molar-refractivity contribution in [3.63, 3.8) is 0 Å². The van der Waals surface area contributed by atoms with Crippen LogP contribution in [0.15, 0.2) is 42.7 Å². The largest absolute Gasteiger partial charge is 0.490 e. The molecule has 0 aliphatic carbocycles. The first-order valence-electron chi connectivity index (χ1n) is 11.2. The molecular formula is C26H26FN3O4S. The highest BCUT2D eigenvalue weighted by Crippen LogP contribution is 2.35. The first-order chi connectivity index (χ1) is 16.9. The van der Waals surface area contributed by atoms with Gasteiger partial charge in [0.1, 0.15) is 18.0 Å². The Morgan fingerprint density at radius 2 is 1.94 bits per heavy atom. The topological polar surface area (TPSA) is 93.6 Å². The fraction of sp³-hybridized carbons (Fsp3) is 0.269. The fourth-order valence-corrected chi connectivity index (χ4v) is 5.07. The Hall–Kier alpha value is -3.72. The van der Waals surface area contributed by atoms with Crippen molar-refractivity contribution in [1.82, 2.24) is 9.97 Å². The number of hydrogen-bond acceptors (Lipinski definition) is 7. The van der Waals surface area contributed by atoms with Crippen molar-refractivity contribution < 1.29 is 23.8 Å². The number of nitrogens with one attached hydrogen (secondary N) is 1. The zero-order valence-corrected chi connectivity index (χ0v) is 20.5. The lowest BCUT2D eigenvalue weighted by atomic mass is 10.1. The molecule has 2 aromatic heterocycles. The fourth-order valence-electron chi connectivity index (χ4n) is 3.89. The van der Waals surface area contributed by atoms with E-state index in [1.165, 1.54) is 12.4 Å². The maximum absolute atomic E-state index is 14.6. The molecule has 0 atom stereocenters. The van der Waals surface area contributed by atoms with Gasteiger partial charge in [-0.2, -0.15) is 0 Å². The van der Waals surface area contributed by atoms with Gasteiger partial charge < -0.3 is 19.9 Å². The van der Waals surface area contributed by atoms with E-state index in [1.54, 1.807) is 29.5 Å². The zero-order valence-electron chi connectivity index (χ0n) is 19.7. The van der Waals surface area contributed by atoms with Gasteiger partial charge in [0.2, 0.25) is 0 Å². The van der Waals surface area contributed by atoms with Crippen LogP contribution in [-0.4, -0.2) is 40.8 Å². The summed E-state index contributed by atoms with van der Waals surface area (Å²) < 4.78 is 26.5. The zero-order chi connectivity index (χ0) is 24.9. The van der Waals surface area contributed by atoms with E-state index in [9.17, 15) is 9.18 Å². The number of carboxylic acid groups (broad SMARTS) is 1. The van der Waals surface area contributed by atoms with Crippen molar-refractivity contribution in [2.24, 2.45) is 0 Å². The van der Waals surface area contributed by atoms with Gasteiger partial charge in [-0.3, -0.25) is 0 Å². The summed E-state index contributed by atoms with van der Waals surface area (Å²) in [4.78, 5) is 20.6. The van der Waals surface area contributed by atoms with Crippen LogP contribution in [0, 0.1) is 19.7 Å². The van der Waals surface area contributed by atoms with Crippen molar-refractivity contribution in [2.75, 3.05) is 25.1 Å². The third-order valence-corrected chi connectivity index (χ3v) is 6.81. The summed E-state index contributed by atoms with van der Waals surface area (Å²) in [6.45, 7) is 6.41. The smallest absolute Gasteiger partial charge is 0.341 e. The number of carboxylic acids is 1. The number of anilines is 1. The number of aliphatic carboxylic acids is 1. The average molecular weight is 496 g/mol. The van der Waals surface area contributed by atoms with Gasteiger partial charge in [0.15, 0.2) is 18.1 Å². The van der Waals surface area contributed by atoms with Crippen molar-refractivity contribution >= 4 is 33.2 Å². The van der Waals surface area contributed by atoms with Crippen LogP contribution in [0.25, 0.3) is 21.3 Å².